The van der Waals surface area contributed by atoms with Gasteiger partial charge >= 0.3 is 5.97 Å². The number of amides is 1. The quantitative estimate of drug-likeness (QED) is 0.391. The van der Waals surface area contributed by atoms with Gasteiger partial charge in [-0.15, -0.1) is 0 Å². The molecular formula is C19H20ClN3O5. The molecule has 1 atom stereocenters. The van der Waals surface area contributed by atoms with E-state index in [1.165, 1.54) is 13.0 Å². The molecule has 2 aromatic carbocycles. The predicted octanol–water partition coefficient (Wildman–Crippen LogP) is 3.93. The van der Waals surface area contributed by atoms with Crippen LogP contribution < -0.4 is 10.6 Å². The van der Waals surface area contributed by atoms with E-state index in [2.05, 4.69) is 10.6 Å². The summed E-state index contributed by atoms with van der Waals surface area (Å²) >= 11 is 5.92. The van der Waals surface area contributed by atoms with Crippen LogP contribution in [0, 0.1) is 17.0 Å². The highest BCUT2D eigenvalue weighted by atomic mass is 35.5. The van der Waals surface area contributed by atoms with Gasteiger partial charge in [-0.05, 0) is 37.6 Å². The van der Waals surface area contributed by atoms with Gasteiger partial charge in [0, 0.05) is 23.3 Å². The van der Waals surface area contributed by atoms with Crippen LogP contribution in [-0.2, 0) is 14.3 Å². The minimum atomic E-state index is -1.00. The number of nitro benzene ring substituents is 1. The molecule has 1 unspecified atom stereocenters. The Bertz CT molecular complexity index is 888. The smallest absolute Gasteiger partial charge is 0.308 e. The summed E-state index contributed by atoms with van der Waals surface area (Å²) < 4.78 is 5.11. The molecule has 0 aliphatic rings. The van der Waals surface area contributed by atoms with E-state index >= 15 is 0 Å². The van der Waals surface area contributed by atoms with E-state index in [1.54, 1.807) is 36.4 Å². The van der Waals surface area contributed by atoms with Crippen molar-refractivity contribution in [3.05, 3.63) is 63.2 Å². The molecule has 2 aromatic rings. The molecule has 0 saturated carbocycles. The number of para-hydroxylation sites is 2. The van der Waals surface area contributed by atoms with E-state index < -0.39 is 22.9 Å². The van der Waals surface area contributed by atoms with Crippen molar-refractivity contribution in [3.63, 3.8) is 0 Å². The molecule has 0 fully saturated rings. The van der Waals surface area contributed by atoms with Crippen LogP contribution in [0.5, 0.6) is 0 Å². The maximum absolute atomic E-state index is 12.2. The molecule has 2 rings (SSSR count). The topological polar surface area (TPSA) is 111 Å². The molecule has 0 radical (unpaired) electrons. The van der Waals surface area contributed by atoms with E-state index in [9.17, 15) is 19.7 Å². The van der Waals surface area contributed by atoms with Crippen molar-refractivity contribution in [2.24, 2.45) is 0 Å². The number of rotatable bonds is 8. The van der Waals surface area contributed by atoms with Gasteiger partial charge < -0.3 is 15.4 Å². The van der Waals surface area contributed by atoms with Gasteiger partial charge in [-0.25, -0.2) is 0 Å². The Morgan fingerprint density at radius 2 is 1.93 bits per heavy atom. The van der Waals surface area contributed by atoms with Crippen LogP contribution in [0.25, 0.3) is 0 Å². The Kier molecular flexibility index (Phi) is 7.34. The number of halogens is 1. The Balaban J connectivity index is 1.83. The molecule has 0 aliphatic heterocycles. The maximum Gasteiger partial charge on any atom is 0.308 e. The van der Waals surface area contributed by atoms with Crippen LogP contribution in [0.3, 0.4) is 0 Å². The van der Waals surface area contributed by atoms with Gasteiger partial charge in [0.1, 0.15) is 5.69 Å². The minimum Gasteiger partial charge on any atom is -0.452 e. The molecule has 28 heavy (non-hydrogen) atoms. The third kappa shape index (κ3) is 5.95. The molecule has 0 spiro atoms. The number of carbonyl (C=O) groups is 2. The Morgan fingerprint density at radius 1 is 1.21 bits per heavy atom. The van der Waals surface area contributed by atoms with E-state index in [1.807, 2.05) is 6.92 Å². The van der Waals surface area contributed by atoms with Crippen molar-refractivity contribution >= 4 is 40.5 Å². The first-order chi connectivity index (χ1) is 13.3. The number of benzene rings is 2. The summed E-state index contributed by atoms with van der Waals surface area (Å²) in [7, 11) is 0. The number of nitrogens with zero attached hydrogens (tertiary/aromatic N) is 1. The average molecular weight is 406 g/mol. The molecule has 0 aliphatic carbocycles. The first-order valence-electron chi connectivity index (χ1n) is 8.51. The number of ether oxygens (including phenoxy) is 1. The summed E-state index contributed by atoms with van der Waals surface area (Å²) in [6, 6.07) is 11.2. The molecule has 148 valence electrons. The van der Waals surface area contributed by atoms with Crippen LogP contribution in [0.2, 0.25) is 5.02 Å². The van der Waals surface area contributed by atoms with Gasteiger partial charge in [0.25, 0.3) is 11.6 Å². The van der Waals surface area contributed by atoms with E-state index in [-0.39, 0.29) is 18.7 Å². The zero-order chi connectivity index (χ0) is 20.7. The first kappa shape index (κ1) is 21.2. The van der Waals surface area contributed by atoms with Gasteiger partial charge in [0.05, 0.1) is 11.3 Å². The lowest BCUT2D eigenvalue weighted by Crippen LogP contribution is -2.30. The summed E-state index contributed by atoms with van der Waals surface area (Å²) in [6.07, 6.45) is -1.06. The largest absolute Gasteiger partial charge is 0.452 e. The molecule has 0 heterocycles. The lowest BCUT2D eigenvalue weighted by Gasteiger charge is -2.15. The molecule has 0 saturated heterocycles. The van der Waals surface area contributed by atoms with Crippen molar-refractivity contribution in [1.29, 1.82) is 0 Å². The monoisotopic (exact) mass is 405 g/mol. The third-order valence-corrected chi connectivity index (χ3v) is 4.12. The highest BCUT2D eigenvalue weighted by molar-refractivity contribution is 6.31. The molecule has 1 amide bonds. The van der Waals surface area contributed by atoms with Gasteiger partial charge in [-0.3, -0.25) is 19.7 Å². The molecule has 9 heteroatoms. The predicted molar refractivity (Wildman–Crippen MR) is 107 cm³/mol. The average Bonchev–Trinajstić information content (AvgIpc) is 2.64. The van der Waals surface area contributed by atoms with Crippen molar-refractivity contribution in [3.8, 4) is 0 Å². The molecule has 2 N–H and O–H groups in total. The fraction of sp³-hybridized carbons (Fsp3) is 0.263. The second-order valence-electron chi connectivity index (χ2n) is 6.03. The number of aryl methyl sites for hydroxylation is 1. The number of anilines is 2. The normalized spacial score (nSPS) is 11.4. The van der Waals surface area contributed by atoms with Crippen LogP contribution >= 0.6 is 11.6 Å². The van der Waals surface area contributed by atoms with Crippen LogP contribution in [0.1, 0.15) is 18.9 Å². The molecular weight excluding hydrogens is 386 g/mol. The van der Waals surface area contributed by atoms with Crippen LogP contribution in [0.15, 0.2) is 42.5 Å². The summed E-state index contributed by atoms with van der Waals surface area (Å²) in [5.74, 6) is -1.08. The van der Waals surface area contributed by atoms with Crippen molar-refractivity contribution in [1.82, 2.24) is 0 Å². The van der Waals surface area contributed by atoms with E-state index in [4.69, 9.17) is 16.3 Å². The fourth-order valence-corrected chi connectivity index (χ4v) is 2.53. The Hall–Kier alpha value is -3.13. The highest BCUT2D eigenvalue weighted by Crippen LogP contribution is 2.23. The number of nitrogens with one attached hydrogen (secondary N) is 2. The van der Waals surface area contributed by atoms with Crippen molar-refractivity contribution in [2.45, 2.75) is 26.4 Å². The lowest BCUT2D eigenvalue weighted by molar-refractivity contribution is -0.384. The van der Waals surface area contributed by atoms with Gasteiger partial charge in [-0.2, -0.15) is 0 Å². The van der Waals surface area contributed by atoms with Crippen molar-refractivity contribution < 1.29 is 19.2 Å². The Labute approximate surface area is 167 Å². The van der Waals surface area contributed by atoms with E-state index in [0.717, 1.165) is 5.56 Å². The lowest BCUT2D eigenvalue weighted by atomic mass is 10.2. The summed E-state index contributed by atoms with van der Waals surface area (Å²) in [5, 5.41) is 16.9. The van der Waals surface area contributed by atoms with Gasteiger partial charge in [0.2, 0.25) is 0 Å². The fourth-order valence-electron chi connectivity index (χ4n) is 2.35. The summed E-state index contributed by atoms with van der Waals surface area (Å²) in [6.45, 7) is 3.41. The maximum atomic E-state index is 12.2. The number of carbonyl (C=O) groups excluding carboxylic acids is 2. The zero-order valence-corrected chi connectivity index (χ0v) is 16.2. The number of hydrogen-bond acceptors (Lipinski definition) is 6. The van der Waals surface area contributed by atoms with Gasteiger partial charge in [-0.1, -0.05) is 29.8 Å². The number of nitro groups is 1. The second-order valence-corrected chi connectivity index (χ2v) is 6.47. The van der Waals surface area contributed by atoms with Crippen LogP contribution in [0.4, 0.5) is 17.1 Å². The first-order valence-corrected chi connectivity index (χ1v) is 8.89. The number of esters is 1. The SMILES string of the molecule is Cc1ccc(Cl)cc1NC(=O)C(C)OC(=O)CCNc1ccccc1[N+](=O)[O-]. The van der Waals surface area contributed by atoms with Gasteiger partial charge in [0.15, 0.2) is 6.10 Å². The van der Waals surface area contributed by atoms with Crippen molar-refractivity contribution in [2.75, 3.05) is 17.2 Å². The standard InChI is InChI=1S/C19H20ClN3O5/c1-12-7-8-14(20)11-16(12)22-19(25)13(2)28-18(24)9-10-21-15-5-3-4-6-17(15)23(26)27/h3-8,11,13,21H,9-10H2,1-2H3,(H,22,25). The Morgan fingerprint density at radius 3 is 2.64 bits per heavy atom. The second kappa shape index (κ2) is 9.70. The van der Waals surface area contributed by atoms with E-state index in [0.29, 0.717) is 16.4 Å². The summed E-state index contributed by atoms with van der Waals surface area (Å²) in [5.41, 5.74) is 1.59. The summed E-state index contributed by atoms with van der Waals surface area (Å²) in [4.78, 5) is 34.6. The highest BCUT2D eigenvalue weighted by Gasteiger charge is 2.19. The number of hydrogen-bond donors (Lipinski definition) is 2. The third-order valence-electron chi connectivity index (χ3n) is 3.88. The molecule has 0 aromatic heterocycles. The zero-order valence-electron chi connectivity index (χ0n) is 15.4. The van der Waals surface area contributed by atoms with Crippen LogP contribution in [-0.4, -0.2) is 29.4 Å². The molecule has 0 bridgehead atoms. The minimum absolute atomic E-state index is 0.0557. The molecule has 8 nitrogen and oxygen atoms in total.